The number of aromatic nitrogens is 2. The Morgan fingerprint density at radius 2 is 1.96 bits per heavy atom. The molecule has 3 aromatic rings. The third kappa shape index (κ3) is 4.38. The summed E-state index contributed by atoms with van der Waals surface area (Å²) < 4.78 is 26.7. The molecule has 132 valence electrons. The number of nitrogens with zero attached hydrogens (tertiary/aromatic N) is 2. The van der Waals surface area contributed by atoms with Crippen molar-refractivity contribution < 1.29 is 13.6 Å². The van der Waals surface area contributed by atoms with Gasteiger partial charge in [-0.05, 0) is 30.7 Å². The van der Waals surface area contributed by atoms with Gasteiger partial charge in [-0.3, -0.25) is 4.79 Å². The molecule has 2 N–H and O–H groups in total. The first-order chi connectivity index (χ1) is 12.5. The van der Waals surface area contributed by atoms with Crippen molar-refractivity contribution in [1.29, 1.82) is 0 Å². The largest absolute Gasteiger partial charge is 0.347 e. The van der Waals surface area contributed by atoms with Crippen LogP contribution in [0, 0.1) is 18.6 Å². The summed E-state index contributed by atoms with van der Waals surface area (Å²) in [5.41, 5.74) is 2.23. The fourth-order valence-electron chi connectivity index (χ4n) is 2.35. The Morgan fingerprint density at radius 1 is 1.12 bits per heavy atom. The topological polar surface area (TPSA) is 66.9 Å². The number of carbonyl (C=O) groups is 1. The van der Waals surface area contributed by atoms with E-state index >= 15 is 0 Å². The normalized spacial score (nSPS) is 10.4. The molecule has 0 bridgehead atoms. The molecular formula is C19H16F2N4O. The first kappa shape index (κ1) is 17.5. The summed E-state index contributed by atoms with van der Waals surface area (Å²) in [4.78, 5) is 20.3. The number of carbonyl (C=O) groups excluding carboxylic acids is 1. The predicted molar refractivity (Wildman–Crippen MR) is 94.0 cm³/mol. The van der Waals surface area contributed by atoms with Crippen molar-refractivity contribution in [3.63, 3.8) is 0 Å². The Bertz CT molecular complexity index is 946. The molecular weight excluding hydrogens is 338 g/mol. The molecule has 0 saturated heterocycles. The Morgan fingerprint density at radius 3 is 2.73 bits per heavy atom. The van der Waals surface area contributed by atoms with Crippen LogP contribution in [-0.2, 0) is 6.54 Å². The number of anilines is 2. The number of hydrogen-bond acceptors (Lipinski definition) is 4. The highest BCUT2D eigenvalue weighted by atomic mass is 19.1. The highest BCUT2D eigenvalue weighted by molar-refractivity contribution is 5.92. The minimum Gasteiger partial charge on any atom is -0.347 e. The van der Waals surface area contributed by atoms with E-state index in [4.69, 9.17) is 0 Å². The Labute approximate surface area is 149 Å². The summed E-state index contributed by atoms with van der Waals surface area (Å²) in [5, 5.41) is 5.40. The number of hydrogen-bond donors (Lipinski definition) is 2. The highest BCUT2D eigenvalue weighted by Gasteiger charge is 2.10. The van der Waals surface area contributed by atoms with Gasteiger partial charge in [-0.1, -0.05) is 29.8 Å². The van der Waals surface area contributed by atoms with Crippen LogP contribution in [0.5, 0.6) is 0 Å². The van der Waals surface area contributed by atoms with Crippen molar-refractivity contribution in [3.8, 4) is 0 Å². The van der Waals surface area contributed by atoms with Crippen molar-refractivity contribution >= 4 is 17.5 Å². The van der Waals surface area contributed by atoms with E-state index in [0.29, 0.717) is 6.54 Å². The van der Waals surface area contributed by atoms with Crippen LogP contribution in [0.2, 0.25) is 0 Å². The van der Waals surface area contributed by atoms with Gasteiger partial charge in [-0.15, -0.1) is 0 Å². The minimum absolute atomic E-state index is 0.0173. The lowest BCUT2D eigenvalue weighted by atomic mass is 10.1. The average Bonchev–Trinajstić information content (AvgIpc) is 2.62. The number of benzene rings is 2. The van der Waals surface area contributed by atoms with Gasteiger partial charge >= 0.3 is 0 Å². The summed E-state index contributed by atoms with van der Waals surface area (Å²) in [6.45, 7) is 2.34. The lowest BCUT2D eigenvalue weighted by Crippen LogP contribution is -2.24. The standard InChI is InChI=1S/C19H16F2N4O/c1-12-3-2-4-13(9-12)11-23-18(26)17-7-8-22-19(25-17)24-16-6-5-14(20)10-15(16)21/h2-10H,11H2,1H3,(H,23,26)(H,22,24,25). The molecule has 2 aromatic carbocycles. The van der Waals surface area contributed by atoms with Gasteiger partial charge in [-0.25, -0.2) is 18.7 Å². The zero-order chi connectivity index (χ0) is 18.5. The molecule has 5 nitrogen and oxygen atoms in total. The van der Waals surface area contributed by atoms with E-state index in [-0.39, 0.29) is 23.2 Å². The Kier molecular flexibility index (Phi) is 5.17. The first-order valence-corrected chi connectivity index (χ1v) is 7.90. The van der Waals surface area contributed by atoms with Gasteiger partial charge in [0.05, 0.1) is 5.69 Å². The van der Waals surface area contributed by atoms with Crippen LogP contribution >= 0.6 is 0 Å². The summed E-state index contributed by atoms with van der Waals surface area (Å²) in [6, 6.07) is 12.3. The second kappa shape index (κ2) is 7.69. The van der Waals surface area contributed by atoms with Gasteiger partial charge in [0.25, 0.3) is 5.91 Å². The molecule has 7 heteroatoms. The lowest BCUT2D eigenvalue weighted by molar-refractivity contribution is 0.0946. The Hall–Kier alpha value is -3.35. The predicted octanol–water partition coefficient (Wildman–Crippen LogP) is 3.74. The number of halogens is 2. The second-order valence-corrected chi connectivity index (χ2v) is 5.69. The zero-order valence-electron chi connectivity index (χ0n) is 14.0. The molecule has 1 aromatic heterocycles. The molecule has 1 amide bonds. The summed E-state index contributed by atoms with van der Waals surface area (Å²) >= 11 is 0. The fraction of sp³-hybridized carbons (Fsp3) is 0.105. The van der Waals surface area contributed by atoms with Crippen LogP contribution in [0.15, 0.2) is 54.7 Å². The van der Waals surface area contributed by atoms with E-state index in [1.165, 1.54) is 18.3 Å². The number of nitrogens with one attached hydrogen (secondary N) is 2. The lowest BCUT2D eigenvalue weighted by Gasteiger charge is -2.08. The molecule has 0 radical (unpaired) electrons. The summed E-state index contributed by atoms with van der Waals surface area (Å²) in [7, 11) is 0. The summed E-state index contributed by atoms with van der Waals surface area (Å²) in [5.74, 6) is -1.80. The second-order valence-electron chi connectivity index (χ2n) is 5.69. The average molecular weight is 354 g/mol. The molecule has 0 fully saturated rings. The number of rotatable bonds is 5. The molecule has 1 heterocycles. The maximum atomic E-state index is 13.7. The zero-order valence-corrected chi connectivity index (χ0v) is 14.0. The monoisotopic (exact) mass is 354 g/mol. The van der Waals surface area contributed by atoms with E-state index in [1.807, 2.05) is 31.2 Å². The minimum atomic E-state index is -0.775. The van der Waals surface area contributed by atoms with E-state index in [9.17, 15) is 13.6 Å². The van der Waals surface area contributed by atoms with Gasteiger partial charge in [-0.2, -0.15) is 0 Å². The van der Waals surface area contributed by atoms with Crippen LogP contribution in [0.4, 0.5) is 20.4 Å². The molecule has 0 unspecified atom stereocenters. The molecule has 0 aliphatic carbocycles. The van der Waals surface area contributed by atoms with Gasteiger partial charge in [0.2, 0.25) is 5.95 Å². The quantitative estimate of drug-likeness (QED) is 0.733. The van der Waals surface area contributed by atoms with Crippen molar-refractivity contribution in [2.75, 3.05) is 5.32 Å². The van der Waals surface area contributed by atoms with Crippen LogP contribution in [0.1, 0.15) is 21.6 Å². The highest BCUT2D eigenvalue weighted by Crippen LogP contribution is 2.18. The SMILES string of the molecule is Cc1cccc(CNC(=O)c2ccnc(Nc3ccc(F)cc3F)n2)c1. The maximum absolute atomic E-state index is 13.7. The van der Waals surface area contributed by atoms with Gasteiger partial charge < -0.3 is 10.6 Å². The number of aryl methyl sites for hydroxylation is 1. The molecule has 0 saturated carbocycles. The molecule has 0 atom stereocenters. The van der Waals surface area contributed by atoms with Crippen LogP contribution < -0.4 is 10.6 Å². The van der Waals surface area contributed by atoms with Crippen molar-refractivity contribution in [2.24, 2.45) is 0 Å². The molecule has 0 aliphatic heterocycles. The smallest absolute Gasteiger partial charge is 0.270 e. The molecule has 26 heavy (non-hydrogen) atoms. The summed E-state index contributed by atoms with van der Waals surface area (Å²) in [6.07, 6.45) is 1.39. The van der Waals surface area contributed by atoms with E-state index < -0.39 is 11.6 Å². The van der Waals surface area contributed by atoms with Crippen molar-refractivity contribution in [2.45, 2.75) is 13.5 Å². The maximum Gasteiger partial charge on any atom is 0.270 e. The van der Waals surface area contributed by atoms with Crippen LogP contribution in [-0.4, -0.2) is 15.9 Å². The Balaban J connectivity index is 1.69. The fourth-order valence-corrected chi connectivity index (χ4v) is 2.35. The molecule has 0 aliphatic rings. The third-order valence-corrected chi connectivity index (χ3v) is 3.60. The van der Waals surface area contributed by atoms with Gasteiger partial charge in [0, 0.05) is 18.8 Å². The molecule has 0 spiro atoms. The van der Waals surface area contributed by atoms with E-state index in [2.05, 4.69) is 20.6 Å². The van der Waals surface area contributed by atoms with E-state index in [1.54, 1.807) is 0 Å². The van der Waals surface area contributed by atoms with Crippen LogP contribution in [0.3, 0.4) is 0 Å². The van der Waals surface area contributed by atoms with Gasteiger partial charge in [0.15, 0.2) is 0 Å². The van der Waals surface area contributed by atoms with Crippen molar-refractivity contribution in [1.82, 2.24) is 15.3 Å². The number of amides is 1. The van der Waals surface area contributed by atoms with Gasteiger partial charge in [0.1, 0.15) is 17.3 Å². The van der Waals surface area contributed by atoms with Crippen molar-refractivity contribution in [3.05, 3.63) is 83.2 Å². The van der Waals surface area contributed by atoms with E-state index in [0.717, 1.165) is 23.3 Å². The van der Waals surface area contributed by atoms with Crippen LogP contribution in [0.25, 0.3) is 0 Å². The third-order valence-electron chi connectivity index (χ3n) is 3.60. The first-order valence-electron chi connectivity index (χ1n) is 7.90. The molecule has 3 rings (SSSR count).